The fraction of sp³-hybridized carbons (Fsp3) is 0.100. The highest BCUT2D eigenvalue weighted by atomic mass is 35.5. The number of hydrogen-bond acceptors (Lipinski definition) is 6. The molecule has 0 unspecified atom stereocenters. The van der Waals surface area contributed by atoms with Crippen molar-refractivity contribution >= 4 is 43.4 Å². The molecule has 5 aromatic rings. The van der Waals surface area contributed by atoms with Crippen molar-refractivity contribution in [2.24, 2.45) is 0 Å². The molecule has 4 heterocycles. The third-order valence-electron chi connectivity index (χ3n) is 4.82. The van der Waals surface area contributed by atoms with Crippen molar-refractivity contribution in [1.29, 1.82) is 0 Å². The minimum atomic E-state index is -3.55. The van der Waals surface area contributed by atoms with Crippen LogP contribution < -0.4 is 0 Å². The Balaban J connectivity index is 1.73. The summed E-state index contributed by atoms with van der Waals surface area (Å²) in [5, 5.41) is 5.30. The zero-order valence-corrected chi connectivity index (χ0v) is 17.6. The number of halogens is 2. The van der Waals surface area contributed by atoms with E-state index in [1.54, 1.807) is 30.5 Å². The summed E-state index contributed by atoms with van der Waals surface area (Å²) in [6.07, 6.45) is 5.59. The van der Waals surface area contributed by atoms with Crippen LogP contribution in [0.25, 0.3) is 27.6 Å². The van der Waals surface area contributed by atoms with Crippen molar-refractivity contribution in [1.82, 2.24) is 29.3 Å². The largest absolute Gasteiger partial charge is 0.293 e. The van der Waals surface area contributed by atoms with Gasteiger partial charge in [-0.2, -0.15) is 9.49 Å². The SMILES string of the molecule is CS(=O)(=O)c1nn(Cc2nc3cc(Cl)ccc3n2-c2ccc(F)nc2)c2cnccc12. The van der Waals surface area contributed by atoms with Gasteiger partial charge in [-0.25, -0.2) is 18.4 Å². The van der Waals surface area contributed by atoms with Crippen molar-refractivity contribution in [3.05, 3.63) is 71.8 Å². The van der Waals surface area contributed by atoms with Crippen LogP contribution >= 0.6 is 11.6 Å². The van der Waals surface area contributed by atoms with Crippen LogP contribution in [-0.4, -0.2) is 44.0 Å². The second kappa shape index (κ2) is 7.10. The number of rotatable bonds is 4. The van der Waals surface area contributed by atoms with Gasteiger partial charge in [-0.15, -0.1) is 0 Å². The Hall–Kier alpha value is -3.37. The molecular formula is C20H14ClFN6O2S. The minimum Gasteiger partial charge on any atom is -0.293 e. The highest BCUT2D eigenvalue weighted by Gasteiger charge is 2.21. The zero-order chi connectivity index (χ0) is 21.8. The maximum absolute atomic E-state index is 13.4. The van der Waals surface area contributed by atoms with Crippen LogP contribution in [0.4, 0.5) is 4.39 Å². The Morgan fingerprint density at radius 2 is 1.94 bits per heavy atom. The van der Waals surface area contributed by atoms with Gasteiger partial charge in [0.05, 0.1) is 34.6 Å². The van der Waals surface area contributed by atoms with Gasteiger partial charge in [-0.05, 0) is 36.4 Å². The molecule has 0 aliphatic heterocycles. The monoisotopic (exact) mass is 456 g/mol. The molecule has 0 bridgehead atoms. The summed E-state index contributed by atoms with van der Waals surface area (Å²) in [5.41, 5.74) is 2.52. The number of hydrogen-bond donors (Lipinski definition) is 0. The van der Waals surface area contributed by atoms with Crippen LogP contribution in [0.1, 0.15) is 5.82 Å². The van der Waals surface area contributed by atoms with E-state index in [0.29, 0.717) is 33.0 Å². The molecule has 0 spiro atoms. The number of benzene rings is 1. The van der Waals surface area contributed by atoms with E-state index in [1.807, 2.05) is 10.6 Å². The highest BCUT2D eigenvalue weighted by molar-refractivity contribution is 7.90. The standard InChI is InChI=1S/C20H14ClFN6O2S/c1-31(29,30)20-14-6-7-23-10-17(14)27(26-20)11-19-25-15-8-12(21)2-4-16(15)28(19)13-3-5-18(22)24-9-13/h2-10H,11H2,1H3. The number of imidazole rings is 1. The second-order valence-corrected chi connectivity index (χ2v) is 9.33. The molecule has 0 N–H and O–H groups in total. The summed E-state index contributed by atoms with van der Waals surface area (Å²) >= 11 is 6.14. The molecular weight excluding hydrogens is 443 g/mol. The van der Waals surface area contributed by atoms with Gasteiger partial charge < -0.3 is 0 Å². The van der Waals surface area contributed by atoms with Gasteiger partial charge in [0.15, 0.2) is 14.9 Å². The predicted octanol–water partition coefficient (Wildman–Crippen LogP) is 3.41. The van der Waals surface area contributed by atoms with Crippen LogP contribution in [0.5, 0.6) is 0 Å². The van der Waals surface area contributed by atoms with Crippen LogP contribution in [0.15, 0.2) is 60.0 Å². The first kappa shape index (κ1) is 19.6. The summed E-state index contributed by atoms with van der Waals surface area (Å²) in [6, 6.07) is 9.72. The third kappa shape index (κ3) is 3.43. The molecule has 156 valence electrons. The lowest BCUT2D eigenvalue weighted by atomic mass is 10.3. The van der Waals surface area contributed by atoms with E-state index in [4.69, 9.17) is 11.6 Å². The molecule has 0 fully saturated rings. The molecule has 0 aliphatic rings. The summed E-state index contributed by atoms with van der Waals surface area (Å²) in [4.78, 5) is 12.5. The predicted molar refractivity (Wildman–Crippen MR) is 114 cm³/mol. The van der Waals surface area contributed by atoms with E-state index in [1.165, 1.54) is 23.1 Å². The van der Waals surface area contributed by atoms with Crippen molar-refractivity contribution in [3.63, 3.8) is 0 Å². The van der Waals surface area contributed by atoms with E-state index in [-0.39, 0.29) is 11.6 Å². The number of aromatic nitrogens is 6. The Kier molecular flexibility index (Phi) is 4.49. The van der Waals surface area contributed by atoms with Gasteiger partial charge in [0.25, 0.3) is 0 Å². The Morgan fingerprint density at radius 1 is 1.10 bits per heavy atom. The average Bonchev–Trinajstić information content (AvgIpc) is 3.27. The molecule has 0 radical (unpaired) electrons. The first-order valence-corrected chi connectivity index (χ1v) is 11.4. The van der Waals surface area contributed by atoms with Crippen LogP contribution in [-0.2, 0) is 16.4 Å². The van der Waals surface area contributed by atoms with Crippen molar-refractivity contribution < 1.29 is 12.8 Å². The lowest BCUT2D eigenvalue weighted by Crippen LogP contribution is -2.10. The van der Waals surface area contributed by atoms with Gasteiger partial charge in [0.1, 0.15) is 12.4 Å². The van der Waals surface area contributed by atoms with Crippen LogP contribution in [0.3, 0.4) is 0 Å². The fourth-order valence-corrected chi connectivity index (χ4v) is 4.50. The van der Waals surface area contributed by atoms with Crippen molar-refractivity contribution in [2.45, 2.75) is 11.6 Å². The van der Waals surface area contributed by atoms with E-state index in [9.17, 15) is 12.8 Å². The molecule has 4 aromatic heterocycles. The molecule has 8 nitrogen and oxygen atoms in total. The minimum absolute atomic E-state index is 0.0287. The van der Waals surface area contributed by atoms with E-state index in [0.717, 1.165) is 11.8 Å². The molecule has 0 amide bonds. The molecule has 0 aliphatic carbocycles. The van der Waals surface area contributed by atoms with Gasteiger partial charge in [0.2, 0.25) is 5.95 Å². The van der Waals surface area contributed by atoms with E-state index in [2.05, 4.69) is 20.1 Å². The Bertz CT molecular complexity index is 1560. The molecule has 0 atom stereocenters. The second-order valence-electron chi connectivity index (χ2n) is 6.96. The average molecular weight is 457 g/mol. The number of sulfone groups is 1. The maximum atomic E-state index is 13.4. The number of fused-ring (bicyclic) bond motifs is 2. The number of nitrogens with zero attached hydrogens (tertiary/aromatic N) is 6. The Morgan fingerprint density at radius 3 is 2.68 bits per heavy atom. The van der Waals surface area contributed by atoms with Gasteiger partial charge in [-0.1, -0.05) is 11.6 Å². The van der Waals surface area contributed by atoms with Gasteiger partial charge in [-0.3, -0.25) is 14.2 Å². The highest BCUT2D eigenvalue weighted by Crippen LogP contribution is 2.27. The van der Waals surface area contributed by atoms with Crippen molar-refractivity contribution in [2.75, 3.05) is 6.26 Å². The third-order valence-corrected chi connectivity index (χ3v) is 6.06. The number of pyridine rings is 2. The van der Waals surface area contributed by atoms with Crippen LogP contribution in [0.2, 0.25) is 5.02 Å². The fourth-order valence-electron chi connectivity index (χ4n) is 3.52. The summed E-state index contributed by atoms with van der Waals surface area (Å²) in [7, 11) is -3.55. The molecule has 1 aromatic carbocycles. The van der Waals surface area contributed by atoms with Gasteiger partial charge >= 0.3 is 0 Å². The lowest BCUT2D eigenvalue weighted by molar-refractivity contribution is 0.582. The topological polar surface area (TPSA) is 95.6 Å². The van der Waals surface area contributed by atoms with Gasteiger partial charge in [0, 0.05) is 22.9 Å². The van der Waals surface area contributed by atoms with E-state index >= 15 is 0 Å². The lowest BCUT2D eigenvalue weighted by Gasteiger charge is -2.09. The smallest absolute Gasteiger partial charge is 0.212 e. The summed E-state index contributed by atoms with van der Waals surface area (Å²) in [5.74, 6) is -0.0568. The molecule has 0 saturated heterocycles. The summed E-state index contributed by atoms with van der Waals surface area (Å²) in [6.45, 7) is 0.140. The first-order chi connectivity index (χ1) is 14.8. The van der Waals surface area contributed by atoms with Crippen molar-refractivity contribution in [3.8, 4) is 5.69 Å². The first-order valence-electron chi connectivity index (χ1n) is 9.10. The Labute approximate surface area is 180 Å². The molecule has 5 rings (SSSR count). The maximum Gasteiger partial charge on any atom is 0.212 e. The molecule has 0 saturated carbocycles. The molecule has 11 heteroatoms. The van der Waals surface area contributed by atoms with Crippen LogP contribution in [0, 0.1) is 5.95 Å². The summed E-state index contributed by atoms with van der Waals surface area (Å²) < 4.78 is 41.2. The quantitative estimate of drug-likeness (QED) is 0.384. The normalized spacial score (nSPS) is 12.1. The zero-order valence-electron chi connectivity index (χ0n) is 16.1. The molecule has 31 heavy (non-hydrogen) atoms. The van der Waals surface area contributed by atoms with E-state index < -0.39 is 15.8 Å².